The summed E-state index contributed by atoms with van der Waals surface area (Å²) >= 11 is 0. The fourth-order valence-electron chi connectivity index (χ4n) is 1.04. The number of carbonyl (C=O) groups excluding carboxylic acids is 1. The van der Waals surface area contributed by atoms with Crippen molar-refractivity contribution in [3.8, 4) is 11.8 Å². The van der Waals surface area contributed by atoms with Crippen LogP contribution in [0.15, 0.2) is 24.3 Å². The lowest BCUT2D eigenvalue weighted by molar-refractivity contribution is 0.168. The van der Waals surface area contributed by atoms with Crippen molar-refractivity contribution < 1.29 is 14.3 Å². The maximum absolute atomic E-state index is 11.1. The van der Waals surface area contributed by atoms with Crippen LogP contribution < -0.4 is 10.1 Å². The van der Waals surface area contributed by atoms with Gasteiger partial charge in [-0.15, -0.1) is 0 Å². The number of nitrogens with zero attached hydrogens (tertiary/aromatic N) is 1. The van der Waals surface area contributed by atoms with E-state index in [0.717, 1.165) is 0 Å². The van der Waals surface area contributed by atoms with Crippen LogP contribution in [0.1, 0.15) is 6.92 Å². The molecule has 1 aromatic rings. The number of ether oxygens (including phenoxy) is 2. The first kappa shape index (κ1) is 11.9. The second-order valence-corrected chi connectivity index (χ2v) is 2.82. The van der Waals surface area contributed by atoms with Crippen LogP contribution in [0.5, 0.6) is 5.75 Å². The molecule has 0 unspecified atom stereocenters. The molecule has 0 radical (unpaired) electrons. The van der Waals surface area contributed by atoms with Gasteiger partial charge in [-0.2, -0.15) is 5.26 Å². The van der Waals surface area contributed by atoms with Crippen molar-refractivity contribution in [1.82, 2.24) is 0 Å². The lowest BCUT2D eigenvalue weighted by Gasteiger charge is -2.06. The van der Waals surface area contributed by atoms with Crippen LogP contribution in [0.25, 0.3) is 0 Å². The number of amides is 1. The van der Waals surface area contributed by atoms with Gasteiger partial charge in [-0.05, 0) is 31.2 Å². The fourth-order valence-corrected chi connectivity index (χ4v) is 1.04. The zero-order valence-corrected chi connectivity index (χ0v) is 8.90. The quantitative estimate of drug-likeness (QED) is 0.843. The van der Waals surface area contributed by atoms with E-state index in [9.17, 15) is 4.79 Å². The number of rotatable bonds is 4. The van der Waals surface area contributed by atoms with Crippen LogP contribution in [-0.4, -0.2) is 19.3 Å². The van der Waals surface area contributed by atoms with Crippen molar-refractivity contribution in [2.75, 3.05) is 18.5 Å². The van der Waals surface area contributed by atoms with E-state index in [2.05, 4.69) is 5.32 Å². The number of nitrogens with one attached hydrogen (secondary N) is 1. The highest BCUT2D eigenvalue weighted by molar-refractivity contribution is 5.84. The van der Waals surface area contributed by atoms with Crippen LogP contribution in [0.2, 0.25) is 0 Å². The second-order valence-electron chi connectivity index (χ2n) is 2.82. The highest BCUT2D eigenvalue weighted by Crippen LogP contribution is 2.15. The molecular formula is C11H12N2O3. The molecule has 84 valence electrons. The third-order valence-corrected chi connectivity index (χ3v) is 1.68. The fraction of sp³-hybridized carbons (Fsp3) is 0.273. The minimum absolute atomic E-state index is 0.00461. The summed E-state index contributed by atoms with van der Waals surface area (Å²) < 4.78 is 9.77. The smallest absolute Gasteiger partial charge is 0.411 e. The van der Waals surface area contributed by atoms with Crippen molar-refractivity contribution in [1.29, 1.82) is 5.26 Å². The summed E-state index contributed by atoms with van der Waals surface area (Å²) in [6.07, 6.45) is -0.492. The molecule has 5 heteroatoms. The summed E-state index contributed by atoms with van der Waals surface area (Å²) in [6.45, 7) is 2.07. The zero-order valence-electron chi connectivity index (χ0n) is 8.90. The van der Waals surface area contributed by atoms with E-state index in [1.807, 2.05) is 6.07 Å². The van der Waals surface area contributed by atoms with E-state index in [-0.39, 0.29) is 6.61 Å². The van der Waals surface area contributed by atoms with Crippen LogP contribution in [0.4, 0.5) is 10.5 Å². The number of anilines is 1. The van der Waals surface area contributed by atoms with Gasteiger partial charge in [-0.25, -0.2) is 4.79 Å². The molecule has 0 fully saturated rings. The Morgan fingerprint density at radius 2 is 2.12 bits per heavy atom. The molecule has 0 saturated heterocycles. The Hall–Kier alpha value is -2.22. The van der Waals surface area contributed by atoms with Crippen molar-refractivity contribution in [2.45, 2.75) is 6.92 Å². The summed E-state index contributed by atoms with van der Waals surface area (Å²) in [5, 5.41) is 10.9. The first-order chi connectivity index (χ1) is 7.76. The molecule has 1 rings (SSSR count). The van der Waals surface area contributed by atoms with E-state index < -0.39 is 6.09 Å². The van der Waals surface area contributed by atoms with Crippen LogP contribution in [-0.2, 0) is 4.74 Å². The van der Waals surface area contributed by atoms with Gasteiger partial charge in [0.25, 0.3) is 0 Å². The average molecular weight is 220 g/mol. The van der Waals surface area contributed by atoms with Crippen molar-refractivity contribution >= 4 is 11.8 Å². The lowest BCUT2D eigenvalue weighted by atomic mass is 10.3. The Morgan fingerprint density at radius 1 is 1.44 bits per heavy atom. The SMILES string of the molecule is CCOC(=O)Nc1ccc(OCC#N)cc1. The second kappa shape index (κ2) is 6.30. The molecule has 0 aliphatic carbocycles. The first-order valence-corrected chi connectivity index (χ1v) is 4.80. The van der Waals surface area contributed by atoms with E-state index in [0.29, 0.717) is 18.0 Å². The summed E-state index contributed by atoms with van der Waals surface area (Å²) in [5.41, 5.74) is 0.614. The Balaban J connectivity index is 2.51. The molecule has 0 spiro atoms. The molecule has 0 saturated carbocycles. The highest BCUT2D eigenvalue weighted by atomic mass is 16.5. The van der Waals surface area contributed by atoms with E-state index in [1.165, 1.54) is 0 Å². The van der Waals surface area contributed by atoms with Gasteiger partial charge in [0.15, 0.2) is 6.61 Å². The van der Waals surface area contributed by atoms with Crippen molar-refractivity contribution in [3.63, 3.8) is 0 Å². The molecule has 1 amide bonds. The van der Waals surface area contributed by atoms with Gasteiger partial charge in [0, 0.05) is 5.69 Å². The molecule has 0 aromatic heterocycles. The zero-order chi connectivity index (χ0) is 11.8. The van der Waals surface area contributed by atoms with Gasteiger partial charge in [0.1, 0.15) is 11.8 Å². The molecule has 0 atom stereocenters. The maximum Gasteiger partial charge on any atom is 0.411 e. The minimum atomic E-state index is -0.492. The van der Waals surface area contributed by atoms with Gasteiger partial charge in [0.05, 0.1) is 6.61 Å². The molecule has 1 aromatic carbocycles. The third-order valence-electron chi connectivity index (χ3n) is 1.68. The predicted octanol–water partition coefficient (Wildman–Crippen LogP) is 2.16. The van der Waals surface area contributed by atoms with Crippen molar-refractivity contribution in [2.24, 2.45) is 0 Å². The molecule has 5 nitrogen and oxygen atoms in total. The topological polar surface area (TPSA) is 71.3 Å². The van der Waals surface area contributed by atoms with E-state index in [4.69, 9.17) is 14.7 Å². The first-order valence-electron chi connectivity index (χ1n) is 4.80. The number of hydrogen-bond acceptors (Lipinski definition) is 4. The van der Waals surface area contributed by atoms with E-state index >= 15 is 0 Å². The van der Waals surface area contributed by atoms with Crippen LogP contribution >= 0.6 is 0 Å². The lowest BCUT2D eigenvalue weighted by Crippen LogP contribution is -2.13. The van der Waals surface area contributed by atoms with Gasteiger partial charge < -0.3 is 9.47 Å². The number of hydrogen-bond donors (Lipinski definition) is 1. The highest BCUT2D eigenvalue weighted by Gasteiger charge is 2.01. The third kappa shape index (κ3) is 3.88. The molecule has 0 aliphatic heterocycles. The normalized spacial score (nSPS) is 9.00. The molecule has 0 aliphatic rings. The van der Waals surface area contributed by atoms with Gasteiger partial charge in [-0.3, -0.25) is 5.32 Å². The number of carbonyl (C=O) groups is 1. The van der Waals surface area contributed by atoms with Gasteiger partial charge in [-0.1, -0.05) is 0 Å². The molecule has 1 N–H and O–H groups in total. The molecule has 0 heterocycles. The number of nitriles is 1. The Labute approximate surface area is 93.6 Å². The van der Waals surface area contributed by atoms with Crippen LogP contribution in [0, 0.1) is 11.3 Å². The van der Waals surface area contributed by atoms with Crippen molar-refractivity contribution in [3.05, 3.63) is 24.3 Å². The summed E-state index contributed by atoms with van der Waals surface area (Å²) in [4.78, 5) is 11.1. The van der Waals surface area contributed by atoms with Gasteiger partial charge >= 0.3 is 6.09 Å². The predicted molar refractivity (Wildman–Crippen MR) is 58.2 cm³/mol. The molecule has 0 bridgehead atoms. The molecular weight excluding hydrogens is 208 g/mol. The number of benzene rings is 1. The van der Waals surface area contributed by atoms with Crippen LogP contribution in [0.3, 0.4) is 0 Å². The monoisotopic (exact) mass is 220 g/mol. The summed E-state index contributed by atoms with van der Waals surface area (Å²) in [5.74, 6) is 0.580. The Morgan fingerprint density at radius 3 is 2.69 bits per heavy atom. The van der Waals surface area contributed by atoms with E-state index in [1.54, 1.807) is 31.2 Å². The van der Waals surface area contributed by atoms with Gasteiger partial charge in [0.2, 0.25) is 0 Å². The largest absolute Gasteiger partial charge is 0.479 e. The Bertz CT molecular complexity index is 381. The maximum atomic E-state index is 11.1. The molecule has 16 heavy (non-hydrogen) atoms. The average Bonchev–Trinajstić information content (AvgIpc) is 2.28. The summed E-state index contributed by atoms with van der Waals surface area (Å²) in [6, 6.07) is 8.54. The standard InChI is InChI=1S/C11H12N2O3/c1-2-15-11(14)13-9-3-5-10(6-4-9)16-8-7-12/h3-6H,2,8H2,1H3,(H,13,14). The summed E-state index contributed by atoms with van der Waals surface area (Å²) in [7, 11) is 0. The minimum Gasteiger partial charge on any atom is -0.479 e. The Kier molecular flexibility index (Phi) is 4.67.